The zero-order chi connectivity index (χ0) is 8.97. The van der Waals surface area contributed by atoms with Crippen molar-refractivity contribution < 1.29 is 14.2 Å². The van der Waals surface area contributed by atoms with Gasteiger partial charge in [-0.2, -0.15) is 0 Å². The van der Waals surface area contributed by atoms with Crippen LogP contribution in [-0.2, 0) is 0 Å². The molecule has 0 aliphatic heterocycles. The maximum atomic E-state index is 11.8. The molecule has 1 rings (SSSR count). The predicted molar refractivity (Wildman–Crippen MR) is 43.8 cm³/mol. The number of nitrogen functional groups attached to an aromatic ring is 1. The highest BCUT2D eigenvalue weighted by molar-refractivity contribution is 5.51. The molecular formula is C8H10FNO2. The molecule has 0 heterocycles. The zero-order valence-corrected chi connectivity index (χ0v) is 6.71. The van der Waals surface area contributed by atoms with Crippen LogP contribution in [0.5, 0.6) is 11.5 Å². The minimum absolute atomic E-state index is 0.0473. The summed E-state index contributed by atoms with van der Waals surface area (Å²) in [6, 6.07) is 4.47. The summed E-state index contributed by atoms with van der Waals surface area (Å²) in [5, 5.41) is 0. The molecule has 0 aromatic heterocycles. The van der Waals surface area contributed by atoms with Crippen molar-refractivity contribution in [2.24, 2.45) is 0 Å². The fourth-order valence-electron chi connectivity index (χ4n) is 0.857. The van der Waals surface area contributed by atoms with Crippen LogP contribution in [0.1, 0.15) is 6.92 Å². The molecule has 0 fully saturated rings. The third-order valence-electron chi connectivity index (χ3n) is 1.35. The first kappa shape index (κ1) is 8.64. The summed E-state index contributed by atoms with van der Waals surface area (Å²) in [5.41, 5.74) is 5.97. The molecule has 0 saturated carbocycles. The number of halogens is 1. The zero-order valence-electron chi connectivity index (χ0n) is 6.71. The smallest absolute Gasteiger partial charge is 0.213 e. The fraction of sp³-hybridized carbons (Fsp3) is 0.250. The summed E-state index contributed by atoms with van der Waals surface area (Å²) in [6.45, 7) is 2.24. The van der Waals surface area contributed by atoms with E-state index in [0.717, 1.165) is 0 Å². The minimum atomic E-state index is 0.0473. The molecule has 1 aromatic carbocycles. The van der Waals surface area contributed by atoms with Gasteiger partial charge < -0.3 is 10.5 Å². The maximum absolute atomic E-state index is 11.8. The molecule has 0 spiro atoms. The van der Waals surface area contributed by atoms with Gasteiger partial charge in [-0.1, -0.05) is 0 Å². The standard InChI is InChI=1S/C8H10FNO2/c1-2-11-8-5-6(10)3-4-7(8)12-9/h3-5H,2,10H2,1H3. The molecule has 0 amide bonds. The third kappa shape index (κ3) is 1.78. The maximum Gasteiger partial charge on any atom is 0.213 e. The van der Waals surface area contributed by atoms with E-state index in [1.165, 1.54) is 18.2 Å². The Morgan fingerprint density at radius 1 is 1.42 bits per heavy atom. The summed E-state index contributed by atoms with van der Waals surface area (Å²) in [6.07, 6.45) is 0. The molecule has 0 unspecified atom stereocenters. The lowest BCUT2D eigenvalue weighted by Gasteiger charge is -2.06. The molecule has 12 heavy (non-hydrogen) atoms. The molecule has 0 bridgehead atoms. The van der Waals surface area contributed by atoms with E-state index in [2.05, 4.69) is 4.94 Å². The summed E-state index contributed by atoms with van der Waals surface area (Å²) in [4.78, 5) is 3.57. The highest BCUT2D eigenvalue weighted by Crippen LogP contribution is 2.29. The van der Waals surface area contributed by atoms with Gasteiger partial charge in [0.25, 0.3) is 0 Å². The van der Waals surface area contributed by atoms with Crippen molar-refractivity contribution in [2.75, 3.05) is 12.3 Å². The van der Waals surface area contributed by atoms with Gasteiger partial charge >= 0.3 is 0 Å². The molecule has 0 radical (unpaired) electrons. The van der Waals surface area contributed by atoms with Gasteiger partial charge in [0, 0.05) is 16.3 Å². The number of hydrogen-bond acceptors (Lipinski definition) is 3. The summed E-state index contributed by atoms with van der Waals surface area (Å²) in [5.74, 6) is 0.367. The Kier molecular flexibility index (Phi) is 2.74. The van der Waals surface area contributed by atoms with E-state index in [1.807, 2.05) is 0 Å². The molecule has 0 atom stereocenters. The van der Waals surface area contributed by atoms with Gasteiger partial charge in [-0.3, -0.25) is 4.94 Å². The lowest BCUT2D eigenvalue weighted by Crippen LogP contribution is -1.95. The average molecular weight is 171 g/mol. The molecule has 0 saturated heterocycles. The number of benzene rings is 1. The quantitative estimate of drug-likeness (QED) is 0.706. The van der Waals surface area contributed by atoms with Crippen molar-refractivity contribution in [3.63, 3.8) is 0 Å². The van der Waals surface area contributed by atoms with Crippen LogP contribution in [0.15, 0.2) is 18.2 Å². The van der Waals surface area contributed by atoms with Crippen molar-refractivity contribution in [1.82, 2.24) is 0 Å². The van der Waals surface area contributed by atoms with Gasteiger partial charge in [0.1, 0.15) is 0 Å². The first-order valence-corrected chi connectivity index (χ1v) is 3.59. The summed E-state index contributed by atoms with van der Waals surface area (Å²) >= 11 is 0. The molecule has 1 aromatic rings. The van der Waals surface area contributed by atoms with Crippen LogP contribution in [0.4, 0.5) is 10.2 Å². The average Bonchev–Trinajstić information content (AvgIpc) is 2.05. The normalized spacial score (nSPS) is 9.50. The van der Waals surface area contributed by atoms with Crippen LogP contribution < -0.4 is 15.4 Å². The number of ether oxygens (including phenoxy) is 1. The van der Waals surface area contributed by atoms with Crippen molar-refractivity contribution in [2.45, 2.75) is 6.92 Å². The van der Waals surface area contributed by atoms with Gasteiger partial charge in [0.2, 0.25) is 5.75 Å². The summed E-state index contributed by atoms with van der Waals surface area (Å²) in [7, 11) is 0. The monoisotopic (exact) mass is 171 g/mol. The second-order valence-corrected chi connectivity index (χ2v) is 2.22. The van der Waals surface area contributed by atoms with E-state index in [4.69, 9.17) is 10.5 Å². The summed E-state index contributed by atoms with van der Waals surface area (Å²) < 4.78 is 16.9. The topological polar surface area (TPSA) is 44.5 Å². The van der Waals surface area contributed by atoms with Gasteiger partial charge in [-0.25, -0.2) is 0 Å². The highest BCUT2D eigenvalue weighted by atomic mass is 19.3. The second-order valence-electron chi connectivity index (χ2n) is 2.22. The first-order valence-electron chi connectivity index (χ1n) is 3.59. The molecule has 0 aliphatic rings. The third-order valence-corrected chi connectivity index (χ3v) is 1.35. The Hall–Kier alpha value is -1.45. The molecule has 4 heteroatoms. The van der Waals surface area contributed by atoms with Crippen LogP contribution in [0.25, 0.3) is 0 Å². The molecule has 2 N–H and O–H groups in total. The molecule has 0 aliphatic carbocycles. The largest absolute Gasteiger partial charge is 0.490 e. The Labute approximate surface area is 69.8 Å². The SMILES string of the molecule is CCOc1cc(N)ccc1OF. The fourth-order valence-corrected chi connectivity index (χ4v) is 0.857. The van der Waals surface area contributed by atoms with Gasteiger partial charge in [0.05, 0.1) is 6.61 Å². The van der Waals surface area contributed by atoms with Gasteiger partial charge in [-0.05, 0) is 19.1 Å². The lowest BCUT2D eigenvalue weighted by molar-refractivity contribution is -0.00944. The number of nitrogens with two attached hydrogens (primary N) is 1. The van der Waals surface area contributed by atoms with E-state index >= 15 is 0 Å². The van der Waals surface area contributed by atoms with E-state index in [9.17, 15) is 4.53 Å². The van der Waals surface area contributed by atoms with E-state index in [1.54, 1.807) is 6.92 Å². The van der Waals surface area contributed by atoms with Crippen LogP contribution in [0, 0.1) is 0 Å². The van der Waals surface area contributed by atoms with Crippen LogP contribution >= 0.6 is 0 Å². The number of hydrogen-bond donors (Lipinski definition) is 1. The van der Waals surface area contributed by atoms with Gasteiger partial charge in [-0.15, -0.1) is 0 Å². The molecular weight excluding hydrogens is 161 g/mol. The molecule has 66 valence electrons. The van der Waals surface area contributed by atoms with Crippen molar-refractivity contribution in [3.8, 4) is 11.5 Å². The van der Waals surface area contributed by atoms with Crippen molar-refractivity contribution >= 4 is 5.69 Å². The van der Waals surface area contributed by atoms with Crippen molar-refractivity contribution in [3.05, 3.63) is 18.2 Å². The Balaban J connectivity index is 2.95. The van der Waals surface area contributed by atoms with Crippen LogP contribution in [-0.4, -0.2) is 6.61 Å². The van der Waals surface area contributed by atoms with E-state index in [0.29, 0.717) is 18.0 Å². The van der Waals surface area contributed by atoms with Crippen LogP contribution in [0.2, 0.25) is 0 Å². The highest BCUT2D eigenvalue weighted by Gasteiger charge is 2.04. The van der Waals surface area contributed by atoms with Crippen molar-refractivity contribution in [1.29, 1.82) is 0 Å². The Morgan fingerprint density at radius 3 is 2.75 bits per heavy atom. The first-order chi connectivity index (χ1) is 5.77. The van der Waals surface area contributed by atoms with E-state index in [-0.39, 0.29) is 5.75 Å². The van der Waals surface area contributed by atoms with Crippen LogP contribution in [0.3, 0.4) is 0 Å². The molecule has 3 nitrogen and oxygen atoms in total. The lowest BCUT2D eigenvalue weighted by atomic mass is 10.3. The Bertz CT molecular complexity index is 265. The van der Waals surface area contributed by atoms with Gasteiger partial charge in [0.15, 0.2) is 5.75 Å². The minimum Gasteiger partial charge on any atom is -0.490 e. The second kappa shape index (κ2) is 3.80. The van der Waals surface area contributed by atoms with E-state index < -0.39 is 0 Å². The predicted octanol–water partition coefficient (Wildman–Crippen LogP) is 1.93. The Morgan fingerprint density at radius 2 is 2.17 bits per heavy atom. The number of rotatable bonds is 3. The number of anilines is 1.